The molecular weight excluding hydrogens is 731 g/mol. The maximum atomic E-state index is 14.2. The lowest BCUT2D eigenvalue weighted by Crippen LogP contribution is -2.70. The van der Waals surface area contributed by atoms with E-state index in [1.165, 1.54) is 19.2 Å². The summed E-state index contributed by atoms with van der Waals surface area (Å²) in [5.41, 5.74) is 3.56. The van der Waals surface area contributed by atoms with Crippen LogP contribution in [0.5, 0.6) is 17.2 Å². The Hall–Kier alpha value is -5.04. The van der Waals surface area contributed by atoms with Crippen molar-refractivity contribution in [1.29, 1.82) is 0 Å². The normalized spacial score (nSPS) is 24.0. The molecule has 2 N–H and O–H groups in total. The fourth-order valence-corrected chi connectivity index (χ4v) is 8.90. The number of amides is 1. The molecule has 304 valence electrons. The zero-order valence-corrected chi connectivity index (χ0v) is 32.7. The van der Waals surface area contributed by atoms with Crippen LogP contribution >= 0.6 is 0 Å². The van der Waals surface area contributed by atoms with Crippen LogP contribution in [-0.4, -0.2) is 78.6 Å². The SMILES string of the molecule is C=CCOC12Oc3ccc(Oc4cccc(C=O)c4)cc3C3C(CCCCO)C(CCCCO)C=C(C(=NOC)CC1N(Cc1ccc(F)cc1)C(=O)OCC)C32. The highest BCUT2D eigenvalue weighted by molar-refractivity contribution is 6.03. The van der Waals surface area contributed by atoms with Gasteiger partial charge in [0, 0.05) is 43.2 Å². The molecule has 1 heterocycles. The number of halogens is 1. The van der Waals surface area contributed by atoms with Crippen LogP contribution in [0, 0.1) is 23.6 Å². The molecule has 0 aromatic heterocycles. The molecule has 1 saturated carbocycles. The number of hydrogen-bond acceptors (Lipinski definition) is 10. The number of nitrogens with zero attached hydrogens (tertiary/aromatic N) is 2. The smallest absolute Gasteiger partial charge is 0.410 e. The van der Waals surface area contributed by atoms with Crippen LogP contribution in [0.25, 0.3) is 0 Å². The number of hydrogen-bond donors (Lipinski definition) is 2. The molecule has 0 spiro atoms. The van der Waals surface area contributed by atoms with Crippen molar-refractivity contribution < 1.29 is 48.0 Å². The van der Waals surface area contributed by atoms with Crippen LogP contribution in [0.3, 0.4) is 0 Å². The molecule has 3 aliphatic rings. The van der Waals surface area contributed by atoms with Gasteiger partial charge in [0.25, 0.3) is 0 Å². The number of unbranched alkanes of at least 4 members (excludes halogenated alkanes) is 2. The highest BCUT2D eigenvalue weighted by Crippen LogP contribution is 2.62. The first-order chi connectivity index (χ1) is 27.8. The number of allylic oxidation sites excluding steroid dienone is 1. The van der Waals surface area contributed by atoms with Crippen LogP contribution in [0.15, 0.2) is 96.2 Å². The van der Waals surface area contributed by atoms with Crippen molar-refractivity contribution in [2.45, 2.75) is 76.2 Å². The number of aliphatic hydroxyl groups excluding tert-OH is 2. The van der Waals surface area contributed by atoms with Crippen LogP contribution in [0.1, 0.15) is 79.3 Å². The van der Waals surface area contributed by atoms with Gasteiger partial charge >= 0.3 is 6.09 Å². The zero-order valence-electron chi connectivity index (χ0n) is 32.7. The summed E-state index contributed by atoms with van der Waals surface area (Å²) in [5.74, 6) is -1.06. The van der Waals surface area contributed by atoms with Crippen molar-refractivity contribution in [2.24, 2.45) is 22.9 Å². The van der Waals surface area contributed by atoms with Gasteiger partial charge in [-0.05, 0) is 98.0 Å². The van der Waals surface area contributed by atoms with E-state index in [4.69, 9.17) is 23.8 Å². The number of oxime groups is 1. The van der Waals surface area contributed by atoms with E-state index in [1.54, 1.807) is 54.3 Å². The Labute approximate surface area is 333 Å². The maximum absolute atomic E-state index is 14.2. The van der Waals surface area contributed by atoms with Gasteiger partial charge in [0.15, 0.2) is 0 Å². The number of carbonyl (C=O) groups is 2. The van der Waals surface area contributed by atoms with Gasteiger partial charge in [0.2, 0.25) is 5.79 Å². The van der Waals surface area contributed by atoms with Gasteiger partial charge in [0.05, 0.1) is 24.8 Å². The Morgan fingerprint density at radius 1 is 1.04 bits per heavy atom. The molecule has 6 unspecified atom stereocenters. The number of aldehydes is 1. The Morgan fingerprint density at radius 3 is 2.49 bits per heavy atom. The zero-order chi connectivity index (χ0) is 40.4. The fourth-order valence-electron chi connectivity index (χ4n) is 8.90. The highest BCUT2D eigenvalue weighted by Gasteiger charge is 2.65. The molecule has 3 aromatic rings. The van der Waals surface area contributed by atoms with E-state index >= 15 is 0 Å². The molecule has 1 fully saturated rings. The standard InChI is InChI=1S/C45H53FN2O9/c1-4-23-55-45-41(48(44(52)54-5-2)28-30-15-17-33(46)18-16-30)27-39(47-53-3)37-25-32(12-6-8-21-49)36(14-7-9-22-50)42(43(37)45)38-26-35(19-20-40(38)57-45)56-34-13-10-11-31(24-34)29-51/h4,10-11,13,15-20,24-26,29,32,36,41-43,49-50H,1,5-9,12,14,21-23,27-28H2,2-3H3. The van der Waals surface area contributed by atoms with Crippen molar-refractivity contribution in [3.05, 3.63) is 114 Å². The molecule has 0 radical (unpaired) electrons. The maximum Gasteiger partial charge on any atom is 0.410 e. The molecule has 1 amide bonds. The van der Waals surface area contributed by atoms with Gasteiger partial charge in [-0.2, -0.15) is 0 Å². The summed E-state index contributed by atoms with van der Waals surface area (Å²) in [7, 11) is 1.49. The number of ether oxygens (including phenoxy) is 4. The minimum Gasteiger partial charge on any atom is -0.459 e. The van der Waals surface area contributed by atoms with Gasteiger partial charge in [-0.3, -0.25) is 9.69 Å². The van der Waals surface area contributed by atoms with Crippen LogP contribution in [0.2, 0.25) is 0 Å². The predicted octanol–water partition coefficient (Wildman–Crippen LogP) is 8.35. The molecule has 1 aliphatic heterocycles. The van der Waals surface area contributed by atoms with Crippen molar-refractivity contribution in [2.75, 3.05) is 33.5 Å². The molecular formula is C45H53FN2O9. The second-order valence-corrected chi connectivity index (χ2v) is 14.7. The van der Waals surface area contributed by atoms with Crippen LogP contribution in [0.4, 0.5) is 9.18 Å². The molecule has 0 bridgehead atoms. The number of carbonyl (C=O) groups excluding carboxylic acids is 2. The Kier molecular flexibility index (Phi) is 14.2. The molecule has 2 aliphatic carbocycles. The fraction of sp³-hybridized carbons (Fsp3) is 0.444. The summed E-state index contributed by atoms with van der Waals surface area (Å²) < 4.78 is 40.4. The van der Waals surface area contributed by atoms with Gasteiger partial charge in [-0.1, -0.05) is 54.4 Å². The van der Waals surface area contributed by atoms with E-state index in [1.807, 2.05) is 18.2 Å². The van der Waals surface area contributed by atoms with Gasteiger partial charge in [0.1, 0.15) is 42.5 Å². The molecule has 12 heteroatoms. The molecule has 0 saturated heterocycles. The van der Waals surface area contributed by atoms with E-state index in [-0.39, 0.29) is 57.1 Å². The topological polar surface area (TPSA) is 136 Å². The number of benzene rings is 3. The largest absolute Gasteiger partial charge is 0.459 e. The molecule has 11 nitrogen and oxygen atoms in total. The first-order valence-electron chi connectivity index (χ1n) is 19.8. The van der Waals surface area contributed by atoms with Crippen LogP contribution < -0.4 is 9.47 Å². The number of rotatable bonds is 19. The van der Waals surface area contributed by atoms with Gasteiger partial charge in [-0.25, -0.2) is 9.18 Å². The van der Waals surface area contributed by atoms with Crippen molar-refractivity contribution in [3.8, 4) is 17.2 Å². The average Bonchev–Trinajstić information content (AvgIpc) is 3.22. The summed E-state index contributed by atoms with van der Waals surface area (Å²) in [6.07, 6.45) is 8.67. The number of aliphatic hydroxyl groups is 2. The third-order valence-electron chi connectivity index (χ3n) is 11.2. The second kappa shape index (κ2) is 19.4. The van der Waals surface area contributed by atoms with E-state index < -0.39 is 29.7 Å². The van der Waals surface area contributed by atoms with Crippen molar-refractivity contribution in [3.63, 3.8) is 0 Å². The molecule has 3 aromatic carbocycles. The van der Waals surface area contributed by atoms with E-state index in [2.05, 4.69) is 17.8 Å². The minimum atomic E-state index is -1.50. The summed E-state index contributed by atoms with van der Waals surface area (Å²) in [4.78, 5) is 32.9. The lowest BCUT2D eigenvalue weighted by molar-refractivity contribution is -0.256. The van der Waals surface area contributed by atoms with Gasteiger partial charge < -0.3 is 34.0 Å². The summed E-state index contributed by atoms with van der Waals surface area (Å²) in [6, 6.07) is 17.8. The monoisotopic (exact) mass is 784 g/mol. The Morgan fingerprint density at radius 2 is 1.79 bits per heavy atom. The number of fused-ring (bicyclic) bond motifs is 2. The first kappa shape index (κ1) is 41.6. The predicted molar refractivity (Wildman–Crippen MR) is 213 cm³/mol. The lowest BCUT2D eigenvalue weighted by Gasteiger charge is -2.59. The summed E-state index contributed by atoms with van der Waals surface area (Å²) in [6.45, 7) is 6.13. The van der Waals surface area contributed by atoms with Crippen LogP contribution in [-0.2, 0) is 20.9 Å². The lowest BCUT2D eigenvalue weighted by atomic mass is 9.55. The third kappa shape index (κ3) is 9.08. The van der Waals surface area contributed by atoms with E-state index in [9.17, 15) is 24.2 Å². The van der Waals surface area contributed by atoms with E-state index in [0.717, 1.165) is 43.1 Å². The third-order valence-corrected chi connectivity index (χ3v) is 11.2. The van der Waals surface area contributed by atoms with Gasteiger partial charge in [-0.15, -0.1) is 6.58 Å². The van der Waals surface area contributed by atoms with E-state index in [0.29, 0.717) is 46.9 Å². The molecule has 57 heavy (non-hydrogen) atoms. The summed E-state index contributed by atoms with van der Waals surface area (Å²) >= 11 is 0. The molecule has 6 atom stereocenters. The Balaban J connectivity index is 1.59. The quantitative estimate of drug-likeness (QED) is 0.0532. The summed E-state index contributed by atoms with van der Waals surface area (Å²) in [5, 5.41) is 24.3. The van der Waals surface area contributed by atoms with Crippen molar-refractivity contribution in [1.82, 2.24) is 4.90 Å². The highest BCUT2D eigenvalue weighted by atomic mass is 19.1. The second-order valence-electron chi connectivity index (χ2n) is 14.7. The first-order valence-corrected chi connectivity index (χ1v) is 19.8. The minimum absolute atomic E-state index is 0.00248. The van der Waals surface area contributed by atoms with Crippen molar-refractivity contribution >= 4 is 18.1 Å². The average molecular weight is 785 g/mol. The molecule has 6 rings (SSSR count). The Bertz CT molecular complexity index is 1920.